The van der Waals surface area contributed by atoms with E-state index in [2.05, 4.69) is 51.6 Å². The number of rotatable bonds is 7. The Balaban J connectivity index is 1.40. The van der Waals surface area contributed by atoms with Crippen molar-refractivity contribution in [2.45, 2.75) is 13.2 Å². The zero-order chi connectivity index (χ0) is 22.6. The van der Waals surface area contributed by atoms with E-state index in [-0.39, 0.29) is 0 Å². The normalized spacial score (nSPS) is 14.7. The zero-order valence-electron chi connectivity index (χ0n) is 19.0. The number of nitrogens with zero attached hydrogens (tertiary/aromatic N) is 4. The summed E-state index contributed by atoms with van der Waals surface area (Å²) in [7, 11) is 3.39. The Hall–Kier alpha value is -3.00. The van der Waals surface area contributed by atoms with Crippen LogP contribution >= 0.6 is 11.3 Å². The first-order valence-corrected chi connectivity index (χ1v) is 12.1. The summed E-state index contributed by atoms with van der Waals surface area (Å²) in [6.07, 6.45) is 0. The van der Waals surface area contributed by atoms with Crippen molar-refractivity contribution in [3.8, 4) is 16.9 Å². The van der Waals surface area contributed by atoms with Crippen molar-refractivity contribution < 1.29 is 9.47 Å². The second kappa shape index (κ2) is 9.87. The van der Waals surface area contributed by atoms with Gasteiger partial charge in [-0.1, -0.05) is 42.5 Å². The molecule has 2 aromatic heterocycles. The third-order valence-corrected chi connectivity index (χ3v) is 6.93. The number of hydrogen-bond acceptors (Lipinski definition) is 7. The van der Waals surface area contributed by atoms with Crippen LogP contribution in [-0.4, -0.2) is 55.3 Å². The molecule has 170 valence electrons. The van der Waals surface area contributed by atoms with Gasteiger partial charge in [-0.05, 0) is 23.3 Å². The van der Waals surface area contributed by atoms with E-state index < -0.39 is 0 Å². The summed E-state index contributed by atoms with van der Waals surface area (Å²) in [5.74, 6) is 2.66. The topological polar surface area (TPSA) is 50.7 Å². The van der Waals surface area contributed by atoms with Crippen molar-refractivity contribution in [2.75, 3.05) is 45.3 Å². The predicted octanol–water partition coefficient (Wildman–Crippen LogP) is 4.84. The van der Waals surface area contributed by atoms with Crippen LogP contribution in [0.4, 0.5) is 5.82 Å². The predicted molar refractivity (Wildman–Crippen MR) is 134 cm³/mol. The van der Waals surface area contributed by atoms with Crippen molar-refractivity contribution in [3.63, 3.8) is 0 Å². The molecule has 33 heavy (non-hydrogen) atoms. The van der Waals surface area contributed by atoms with E-state index >= 15 is 0 Å². The molecule has 1 aliphatic heterocycles. The monoisotopic (exact) mass is 460 g/mol. The van der Waals surface area contributed by atoms with Gasteiger partial charge < -0.3 is 14.4 Å². The van der Waals surface area contributed by atoms with Gasteiger partial charge in [0.15, 0.2) is 5.82 Å². The number of hydrogen-bond donors (Lipinski definition) is 0. The van der Waals surface area contributed by atoms with Gasteiger partial charge in [0, 0.05) is 50.8 Å². The molecule has 0 bridgehead atoms. The first-order chi connectivity index (χ1) is 16.2. The van der Waals surface area contributed by atoms with Crippen molar-refractivity contribution in [3.05, 3.63) is 71.4 Å². The van der Waals surface area contributed by atoms with E-state index in [1.807, 2.05) is 18.2 Å². The molecule has 0 amide bonds. The zero-order valence-corrected chi connectivity index (χ0v) is 19.8. The maximum absolute atomic E-state index is 5.35. The van der Waals surface area contributed by atoms with E-state index in [0.717, 1.165) is 60.3 Å². The number of ether oxygens (including phenoxy) is 2. The molecule has 0 unspecified atom stereocenters. The van der Waals surface area contributed by atoms with Gasteiger partial charge in [0.25, 0.3) is 0 Å². The molecular formula is C26H28N4O2S. The second-order valence-corrected chi connectivity index (χ2v) is 9.06. The highest BCUT2D eigenvalue weighted by Crippen LogP contribution is 2.38. The molecule has 3 heterocycles. The van der Waals surface area contributed by atoms with Crippen LogP contribution in [0, 0.1) is 0 Å². The smallest absolute Gasteiger partial charge is 0.158 e. The number of aromatic nitrogens is 2. The highest BCUT2D eigenvalue weighted by atomic mass is 32.1. The lowest BCUT2D eigenvalue weighted by Crippen LogP contribution is -2.46. The molecule has 1 saturated heterocycles. The summed E-state index contributed by atoms with van der Waals surface area (Å²) in [6, 6.07) is 18.9. The highest BCUT2D eigenvalue weighted by molar-refractivity contribution is 7.17. The minimum atomic E-state index is 0.416. The molecule has 0 radical (unpaired) electrons. The van der Waals surface area contributed by atoms with Crippen molar-refractivity contribution in [2.24, 2.45) is 0 Å². The lowest BCUT2D eigenvalue weighted by Gasteiger charge is -2.36. The van der Waals surface area contributed by atoms with Crippen molar-refractivity contribution in [1.29, 1.82) is 0 Å². The molecule has 7 heteroatoms. The standard InChI is InChI=1S/C26H28N4O2S/c1-31-17-23-27-25(24-22(18-33-26(24)28-23)20-6-4-3-5-7-20)30-14-12-29(13-15-30)16-19-8-10-21(32-2)11-9-19/h3-11,18H,12-17H2,1-2H3. The summed E-state index contributed by atoms with van der Waals surface area (Å²) in [5.41, 5.74) is 3.71. The minimum Gasteiger partial charge on any atom is -0.497 e. The van der Waals surface area contributed by atoms with Gasteiger partial charge in [0.2, 0.25) is 0 Å². The lowest BCUT2D eigenvalue weighted by molar-refractivity contribution is 0.178. The fourth-order valence-electron chi connectivity index (χ4n) is 4.33. The molecule has 0 N–H and O–H groups in total. The first kappa shape index (κ1) is 21.8. The van der Waals surface area contributed by atoms with Crippen LogP contribution in [0.1, 0.15) is 11.4 Å². The lowest BCUT2D eigenvalue weighted by atomic mass is 10.1. The average molecular weight is 461 g/mol. The van der Waals surface area contributed by atoms with Crippen LogP contribution in [-0.2, 0) is 17.9 Å². The van der Waals surface area contributed by atoms with Crippen molar-refractivity contribution in [1.82, 2.24) is 14.9 Å². The molecule has 6 nitrogen and oxygen atoms in total. The Morgan fingerprint density at radius 1 is 0.909 bits per heavy atom. The Morgan fingerprint density at radius 2 is 1.67 bits per heavy atom. The molecular weight excluding hydrogens is 432 g/mol. The second-order valence-electron chi connectivity index (χ2n) is 8.20. The molecule has 1 aliphatic rings. The summed E-state index contributed by atoms with van der Waals surface area (Å²) >= 11 is 1.68. The van der Waals surface area contributed by atoms with E-state index in [1.165, 1.54) is 16.7 Å². The van der Waals surface area contributed by atoms with Gasteiger partial charge in [-0.15, -0.1) is 11.3 Å². The summed E-state index contributed by atoms with van der Waals surface area (Å²) in [5, 5.41) is 3.35. The molecule has 0 spiro atoms. The Bertz CT molecular complexity index is 1200. The number of anilines is 1. The maximum atomic E-state index is 5.35. The summed E-state index contributed by atoms with van der Waals surface area (Å²) in [6.45, 7) is 5.19. The van der Waals surface area contributed by atoms with Crippen LogP contribution in [0.3, 0.4) is 0 Å². The molecule has 5 rings (SSSR count). The first-order valence-electron chi connectivity index (χ1n) is 11.2. The molecule has 0 aliphatic carbocycles. The van der Waals surface area contributed by atoms with Gasteiger partial charge in [-0.25, -0.2) is 9.97 Å². The molecule has 0 saturated carbocycles. The van der Waals surface area contributed by atoms with Crippen LogP contribution in [0.5, 0.6) is 5.75 Å². The van der Waals surface area contributed by atoms with Crippen molar-refractivity contribution >= 4 is 27.4 Å². The molecule has 1 fully saturated rings. The van der Waals surface area contributed by atoms with Gasteiger partial charge in [-0.3, -0.25) is 4.90 Å². The van der Waals surface area contributed by atoms with Crippen LogP contribution < -0.4 is 9.64 Å². The largest absolute Gasteiger partial charge is 0.497 e. The third kappa shape index (κ3) is 4.71. The molecule has 4 aromatic rings. The summed E-state index contributed by atoms with van der Waals surface area (Å²) in [4.78, 5) is 15.7. The van der Waals surface area contributed by atoms with Crippen LogP contribution in [0.25, 0.3) is 21.3 Å². The Labute approximate surface area is 198 Å². The maximum Gasteiger partial charge on any atom is 0.158 e. The Morgan fingerprint density at radius 3 is 2.36 bits per heavy atom. The van der Waals surface area contributed by atoms with Crippen LogP contribution in [0.15, 0.2) is 60.0 Å². The van der Waals surface area contributed by atoms with E-state index in [1.54, 1.807) is 25.6 Å². The van der Waals surface area contributed by atoms with Gasteiger partial charge >= 0.3 is 0 Å². The quantitative estimate of drug-likeness (QED) is 0.394. The van der Waals surface area contributed by atoms with Gasteiger partial charge in [0.05, 0.1) is 12.5 Å². The van der Waals surface area contributed by atoms with Crippen LogP contribution in [0.2, 0.25) is 0 Å². The van der Waals surface area contributed by atoms with E-state index in [4.69, 9.17) is 19.4 Å². The minimum absolute atomic E-state index is 0.416. The number of thiophene rings is 1. The number of benzene rings is 2. The Kier molecular flexibility index (Phi) is 6.53. The molecule has 2 aromatic carbocycles. The molecule has 0 atom stereocenters. The van der Waals surface area contributed by atoms with E-state index in [9.17, 15) is 0 Å². The fraction of sp³-hybridized carbons (Fsp3) is 0.308. The third-order valence-electron chi connectivity index (χ3n) is 6.06. The summed E-state index contributed by atoms with van der Waals surface area (Å²) < 4.78 is 10.6. The van der Waals surface area contributed by atoms with Gasteiger partial charge in [-0.2, -0.15) is 0 Å². The SMILES string of the molecule is COCc1nc(N2CCN(Cc3ccc(OC)cc3)CC2)c2c(-c3ccccc3)csc2n1. The average Bonchev–Trinajstić information content (AvgIpc) is 3.29. The number of fused-ring (bicyclic) bond motifs is 1. The van der Waals surface area contributed by atoms with Gasteiger partial charge in [0.1, 0.15) is 23.0 Å². The fourth-order valence-corrected chi connectivity index (χ4v) is 5.29. The number of piperazine rings is 1. The highest BCUT2D eigenvalue weighted by Gasteiger charge is 2.23. The van der Waals surface area contributed by atoms with E-state index in [0.29, 0.717) is 6.61 Å². The number of methoxy groups -OCH3 is 2.